The smallest absolute Gasteiger partial charge is 0.337 e. The zero-order chi connectivity index (χ0) is 23.7. The Balaban J connectivity index is 1.74. The Labute approximate surface area is 199 Å². The van der Waals surface area contributed by atoms with Crippen molar-refractivity contribution in [2.24, 2.45) is 11.8 Å². The molecule has 1 aromatic heterocycles. The fraction of sp³-hybridized carbons (Fsp3) is 0.577. The second-order valence-corrected chi connectivity index (χ2v) is 10.8. The number of aryl methyl sites for hydroxylation is 1. The summed E-state index contributed by atoms with van der Waals surface area (Å²) in [6, 6.07) is 3.98. The van der Waals surface area contributed by atoms with E-state index in [1.807, 2.05) is 32.9 Å². The van der Waals surface area contributed by atoms with Crippen LogP contribution in [-0.2, 0) is 23.9 Å². The first kappa shape index (κ1) is 23.7. The van der Waals surface area contributed by atoms with Gasteiger partial charge in [-0.25, -0.2) is 4.79 Å². The molecule has 4 rings (SSSR count). The molecule has 3 aliphatic rings. The number of hydrogen-bond acceptors (Lipinski definition) is 7. The number of esters is 2. The number of carbonyl (C=O) groups is 3. The predicted octanol–water partition coefficient (Wildman–Crippen LogP) is 4.94. The molecule has 2 aliphatic carbocycles. The van der Waals surface area contributed by atoms with E-state index in [4.69, 9.17) is 9.47 Å². The van der Waals surface area contributed by atoms with Gasteiger partial charge in [-0.3, -0.25) is 9.59 Å². The number of carbonyl (C=O) groups excluding carboxylic acids is 3. The third-order valence-electron chi connectivity index (χ3n) is 7.08. The fourth-order valence-corrected chi connectivity index (χ4v) is 6.42. The van der Waals surface area contributed by atoms with E-state index in [-0.39, 0.29) is 23.8 Å². The minimum atomic E-state index is -0.864. The highest BCUT2D eigenvalue weighted by molar-refractivity contribution is 7.12. The van der Waals surface area contributed by atoms with Crippen LogP contribution in [0.2, 0.25) is 0 Å². The Bertz CT molecular complexity index is 1010. The summed E-state index contributed by atoms with van der Waals surface area (Å²) in [6.45, 7) is 5.78. The monoisotopic (exact) mass is 471 g/mol. The maximum absolute atomic E-state index is 13.7. The molecule has 0 spiro atoms. The van der Waals surface area contributed by atoms with Crippen LogP contribution in [0.25, 0.3) is 0 Å². The zero-order valence-corrected chi connectivity index (χ0v) is 20.7. The molecule has 0 radical (unpaired) electrons. The van der Waals surface area contributed by atoms with Crippen molar-refractivity contribution >= 4 is 29.1 Å². The highest BCUT2D eigenvalue weighted by Crippen LogP contribution is 2.47. The number of rotatable bonds is 4. The Morgan fingerprint density at radius 2 is 1.79 bits per heavy atom. The first-order valence-corrected chi connectivity index (χ1v) is 12.7. The van der Waals surface area contributed by atoms with Crippen molar-refractivity contribution in [1.82, 2.24) is 5.32 Å². The molecule has 0 unspecified atom stereocenters. The summed E-state index contributed by atoms with van der Waals surface area (Å²) in [6.07, 6.45) is 6.68. The van der Waals surface area contributed by atoms with Crippen molar-refractivity contribution in [3.05, 3.63) is 44.4 Å². The van der Waals surface area contributed by atoms with Crippen molar-refractivity contribution in [3.8, 4) is 0 Å². The lowest BCUT2D eigenvalue weighted by atomic mass is 9.70. The normalized spacial score (nSPS) is 26.4. The topological polar surface area (TPSA) is 81.7 Å². The number of thiophene rings is 1. The molecule has 0 amide bonds. The van der Waals surface area contributed by atoms with Gasteiger partial charge in [-0.1, -0.05) is 19.8 Å². The van der Waals surface area contributed by atoms with Gasteiger partial charge in [-0.05, 0) is 64.0 Å². The molecule has 0 bridgehead atoms. The third kappa shape index (κ3) is 4.65. The molecule has 6 nitrogen and oxygen atoms in total. The molecule has 178 valence electrons. The predicted molar refractivity (Wildman–Crippen MR) is 127 cm³/mol. The second-order valence-electron chi connectivity index (χ2n) is 9.50. The van der Waals surface area contributed by atoms with Gasteiger partial charge in [0.15, 0.2) is 5.78 Å². The largest absolute Gasteiger partial charge is 0.468 e. The van der Waals surface area contributed by atoms with Gasteiger partial charge in [-0.2, -0.15) is 0 Å². The van der Waals surface area contributed by atoms with Gasteiger partial charge in [0.1, 0.15) is 12.0 Å². The van der Waals surface area contributed by atoms with E-state index in [0.717, 1.165) is 46.8 Å². The Hall–Kier alpha value is -2.41. The molecular weight excluding hydrogens is 438 g/mol. The van der Waals surface area contributed by atoms with Gasteiger partial charge in [0.2, 0.25) is 0 Å². The van der Waals surface area contributed by atoms with Crippen LogP contribution in [0.3, 0.4) is 0 Å². The fourth-order valence-electron chi connectivity index (χ4n) is 5.42. The van der Waals surface area contributed by atoms with Crippen molar-refractivity contribution in [2.45, 2.75) is 77.7 Å². The zero-order valence-electron chi connectivity index (χ0n) is 19.9. The van der Waals surface area contributed by atoms with E-state index in [0.29, 0.717) is 17.6 Å². The Morgan fingerprint density at radius 1 is 1.09 bits per heavy atom. The van der Waals surface area contributed by atoms with Crippen molar-refractivity contribution in [3.63, 3.8) is 0 Å². The molecule has 1 aromatic rings. The van der Waals surface area contributed by atoms with E-state index < -0.39 is 17.8 Å². The van der Waals surface area contributed by atoms with Crippen LogP contribution in [0.1, 0.15) is 74.5 Å². The van der Waals surface area contributed by atoms with Crippen LogP contribution < -0.4 is 5.32 Å². The van der Waals surface area contributed by atoms with Crippen LogP contribution in [0, 0.1) is 18.8 Å². The van der Waals surface area contributed by atoms with Crippen LogP contribution in [0.5, 0.6) is 0 Å². The van der Waals surface area contributed by atoms with Crippen molar-refractivity contribution < 1.29 is 23.9 Å². The summed E-state index contributed by atoms with van der Waals surface area (Å²) in [7, 11) is 1.31. The standard InChI is InChI=1S/C26H33NO5S/c1-14-13-18-22(24(28)20(14)25(29)31-4)23(19-12-11-15(2)33-19)21(16(3)27-18)26(30)32-17-9-7-5-6-8-10-17/h11-12,14,17,20,23,27H,5-10,13H2,1-4H3/t14-,20-,23-/m0/s1. The summed E-state index contributed by atoms with van der Waals surface area (Å²) in [5.41, 5.74) is 2.50. The minimum absolute atomic E-state index is 0.0914. The summed E-state index contributed by atoms with van der Waals surface area (Å²) < 4.78 is 11.0. The van der Waals surface area contributed by atoms with Gasteiger partial charge in [0, 0.05) is 26.7 Å². The molecule has 2 heterocycles. The lowest BCUT2D eigenvalue weighted by Gasteiger charge is -2.38. The molecule has 1 aliphatic heterocycles. The molecule has 0 aromatic carbocycles. The number of hydrogen-bond donors (Lipinski definition) is 1. The molecule has 0 saturated heterocycles. The van der Waals surface area contributed by atoms with E-state index in [9.17, 15) is 14.4 Å². The van der Waals surface area contributed by atoms with Crippen molar-refractivity contribution in [1.29, 1.82) is 0 Å². The maximum Gasteiger partial charge on any atom is 0.337 e. The third-order valence-corrected chi connectivity index (χ3v) is 8.15. The van der Waals surface area contributed by atoms with Gasteiger partial charge < -0.3 is 14.8 Å². The first-order valence-electron chi connectivity index (χ1n) is 11.9. The van der Waals surface area contributed by atoms with Crippen LogP contribution in [-0.4, -0.2) is 30.9 Å². The molecule has 1 saturated carbocycles. The van der Waals surface area contributed by atoms with E-state index in [1.165, 1.54) is 20.0 Å². The lowest BCUT2D eigenvalue weighted by molar-refractivity contribution is -0.151. The van der Waals surface area contributed by atoms with E-state index >= 15 is 0 Å². The van der Waals surface area contributed by atoms with Crippen molar-refractivity contribution in [2.75, 3.05) is 7.11 Å². The van der Waals surface area contributed by atoms with Gasteiger partial charge in [-0.15, -0.1) is 11.3 Å². The number of ether oxygens (including phenoxy) is 2. The number of allylic oxidation sites excluding steroid dienone is 3. The van der Waals surface area contributed by atoms with Crippen LogP contribution in [0.15, 0.2) is 34.7 Å². The quantitative estimate of drug-likeness (QED) is 0.381. The highest BCUT2D eigenvalue weighted by atomic mass is 32.1. The molecule has 7 heteroatoms. The minimum Gasteiger partial charge on any atom is -0.468 e. The first-order chi connectivity index (χ1) is 15.8. The number of Topliss-reactive ketones (excluding diaryl/α,β-unsaturated/α-hetero) is 1. The average Bonchev–Trinajstić information content (AvgIpc) is 3.03. The molecule has 33 heavy (non-hydrogen) atoms. The molecule has 1 N–H and O–H groups in total. The van der Waals surface area contributed by atoms with E-state index in [1.54, 1.807) is 11.3 Å². The number of ketones is 1. The van der Waals surface area contributed by atoms with Gasteiger partial charge in [0.25, 0.3) is 0 Å². The lowest BCUT2D eigenvalue weighted by Crippen LogP contribution is -2.43. The molecule has 3 atom stereocenters. The SMILES string of the molecule is COC(=O)[C@@H]1C(=O)C2=C(C[C@@H]1C)NC(C)=C(C(=O)OC1CCCCCC1)[C@@H]2c1ccc(C)s1. The van der Waals surface area contributed by atoms with Crippen LogP contribution in [0.4, 0.5) is 0 Å². The Kier molecular flexibility index (Phi) is 7.07. The number of dihydropyridines is 1. The maximum atomic E-state index is 13.7. The number of nitrogens with one attached hydrogen (secondary N) is 1. The van der Waals surface area contributed by atoms with Gasteiger partial charge in [0.05, 0.1) is 18.6 Å². The summed E-state index contributed by atoms with van der Waals surface area (Å²) in [5, 5.41) is 3.33. The van der Waals surface area contributed by atoms with Gasteiger partial charge >= 0.3 is 11.9 Å². The summed E-state index contributed by atoms with van der Waals surface area (Å²) >= 11 is 1.57. The highest BCUT2D eigenvalue weighted by Gasteiger charge is 2.47. The average molecular weight is 472 g/mol. The molecular formula is C26H33NO5S. The van der Waals surface area contributed by atoms with Crippen LogP contribution >= 0.6 is 11.3 Å². The summed E-state index contributed by atoms with van der Waals surface area (Å²) in [5.74, 6) is -2.73. The number of methoxy groups -OCH3 is 1. The second kappa shape index (κ2) is 9.84. The summed E-state index contributed by atoms with van der Waals surface area (Å²) in [4.78, 5) is 41.8. The van der Waals surface area contributed by atoms with E-state index in [2.05, 4.69) is 5.32 Å². The Morgan fingerprint density at radius 3 is 2.39 bits per heavy atom. The molecule has 1 fully saturated rings.